The molecule has 1 heterocycles. The van der Waals surface area contributed by atoms with E-state index in [-0.39, 0.29) is 0 Å². The van der Waals surface area contributed by atoms with Gasteiger partial charge in [0.2, 0.25) is 0 Å². The molecule has 0 aliphatic heterocycles. The number of nitriles is 1. The van der Waals surface area contributed by atoms with Crippen LogP contribution in [0, 0.1) is 11.3 Å². The van der Waals surface area contributed by atoms with E-state index < -0.39 is 0 Å². The zero-order valence-corrected chi connectivity index (χ0v) is 9.36. The predicted octanol–water partition coefficient (Wildman–Crippen LogP) is 2.19. The summed E-state index contributed by atoms with van der Waals surface area (Å²) in [7, 11) is 1.70. The van der Waals surface area contributed by atoms with Gasteiger partial charge in [-0.3, -0.25) is 4.68 Å². The third-order valence-electron chi connectivity index (χ3n) is 2.30. The molecule has 0 atom stereocenters. The second kappa shape index (κ2) is 3.87. The molecule has 1 aromatic heterocycles. The van der Waals surface area contributed by atoms with Crippen molar-refractivity contribution < 1.29 is 0 Å². The van der Waals surface area contributed by atoms with E-state index in [9.17, 15) is 0 Å². The summed E-state index contributed by atoms with van der Waals surface area (Å²) in [6, 6.07) is 9.22. The number of nitrogen functional groups attached to an aromatic ring is 1. The molecule has 0 saturated carbocycles. The molecule has 2 N–H and O–H groups in total. The molecule has 2 aromatic rings. The maximum absolute atomic E-state index is 9.03. The van der Waals surface area contributed by atoms with Crippen LogP contribution < -0.4 is 5.73 Å². The van der Waals surface area contributed by atoms with Crippen LogP contribution >= 0.6 is 11.6 Å². The molecule has 2 rings (SSSR count). The Morgan fingerprint density at radius 3 is 2.88 bits per heavy atom. The number of nitrogens with zero attached hydrogens (tertiary/aromatic N) is 3. The lowest BCUT2D eigenvalue weighted by atomic mass is 10.1. The van der Waals surface area contributed by atoms with Gasteiger partial charge in [0.25, 0.3) is 0 Å². The van der Waals surface area contributed by atoms with Crippen molar-refractivity contribution in [3.05, 3.63) is 34.9 Å². The predicted molar refractivity (Wildman–Crippen MR) is 62.8 cm³/mol. The summed E-state index contributed by atoms with van der Waals surface area (Å²) < 4.78 is 1.48. The summed E-state index contributed by atoms with van der Waals surface area (Å²) in [5, 5.41) is 13.8. The smallest absolute Gasteiger partial charge is 0.140 e. The van der Waals surface area contributed by atoms with E-state index in [2.05, 4.69) is 11.2 Å². The van der Waals surface area contributed by atoms with Crippen molar-refractivity contribution in [1.82, 2.24) is 9.78 Å². The molecule has 16 heavy (non-hydrogen) atoms. The van der Waals surface area contributed by atoms with Gasteiger partial charge in [0.15, 0.2) is 0 Å². The van der Waals surface area contributed by atoms with Gasteiger partial charge in [0.1, 0.15) is 23.1 Å². The van der Waals surface area contributed by atoms with Crippen LogP contribution in [-0.2, 0) is 7.05 Å². The van der Waals surface area contributed by atoms with Crippen LogP contribution in [0.4, 0.5) is 5.82 Å². The maximum atomic E-state index is 9.03. The molecule has 0 aliphatic carbocycles. The highest BCUT2D eigenvalue weighted by Gasteiger charge is 2.14. The monoisotopic (exact) mass is 232 g/mol. The Morgan fingerprint density at radius 1 is 1.50 bits per heavy atom. The summed E-state index contributed by atoms with van der Waals surface area (Å²) in [6.07, 6.45) is 0. The first-order valence-corrected chi connectivity index (χ1v) is 5.00. The molecule has 0 saturated heterocycles. The van der Waals surface area contributed by atoms with Gasteiger partial charge in [-0.1, -0.05) is 23.7 Å². The van der Waals surface area contributed by atoms with Crippen LogP contribution in [-0.4, -0.2) is 9.78 Å². The van der Waals surface area contributed by atoms with E-state index in [0.29, 0.717) is 22.1 Å². The van der Waals surface area contributed by atoms with Crippen molar-refractivity contribution in [2.75, 3.05) is 5.73 Å². The fraction of sp³-hybridized carbons (Fsp3) is 0.0909. The minimum Gasteiger partial charge on any atom is -0.383 e. The molecule has 0 radical (unpaired) electrons. The summed E-state index contributed by atoms with van der Waals surface area (Å²) in [5.41, 5.74) is 7.46. The number of nitrogens with two attached hydrogens (primary N) is 1. The van der Waals surface area contributed by atoms with Gasteiger partial charge in [-0.05, 0) is 12.1 Å². The lowest BCUT2D eigenvalue weighted by Crippen LogP contribution is -1.97. The molecule has 0 spiro atoms. The van der Waals surface area contributed by atoms with Crippen LogP contribution in [0.3, 0.4) is 0 Å². The molecule has 5 heteroatoms. The summed E-state index contributed by atoms with van der Waals surface area (Å²) in [5.74, 6) is 0.359. The van der Waals surface area contributed by atoms with Gasteiger partial charge in [-0.2, -0.15) is 10.4 Å². The summed E-state index contributed by atoms with van der Waals surface area (Å²) in [6.45, 7) is 0. The number of anilines is 1. The number of aryl methyl sites for hydroxylation is 1. The zero-order valence-electron chi connectivity index (χ0n) is 8.61. The molecule has 1 aromatic carbocycles. The minimum atomic E-state index is 0.359. The third kappa shape index (κ3) is 1.62. The quantitative estimate of drug-likeness (QED) is 0.820. The largest absolute Gasteiger partial charge is 0.383 e. The number of hydrogen-bond acceptors (Lipinski definition) is 3. The summed E-state index contributed by atoms with van der Waals surface area (Å²) >= 11 is 5.89. The van der Waals surface area contributed by atoms with E-state index in [1.54, 1.807) is 19.2 Å². The lowest BCUT2D eigenvalue weighted by Gasteiger charge is -1.97. The Balaban J connectivity index is 2.66. The molecule has 4 nitrogen and oxygen atoms in total. The van der Waals surface area contributed by atoms with Crippen LogP contribution in [0.25, 0.3) is 11.3 Å². The average molecular weight is 233 g/mol. The zero-order chi connectivity index (χ0) is 11.7. The summed E-state index contributed by atoms with van der Waals surface area (Å²) in [4.78, 5) is 0. The van der Waals surface area contributed by atoms with Crippen molar-refractivity contribution >= 4 is 17.4 Å². The van der Waals surface area contributed by atoms with Crippen molar-refractivity contribution in [2.45, 2.75) is 0 Å². The first-order chi connectivity index (χ1) is 7.63. The van der Waals surface area contributed by atoms with Crippen LogP contribution in [0.1, 0.15) is 5.56 Å². The highest BCUT2D eigenvalue weighted by atomic mass is 35.5. The third-order valence-corrected chi connectivity index (χ3v) is 2.54. The maximum Gasteiger partial charge on any atom is 0.140 e. The molecule has 80 valence electrons. The second-order valence-electron chi connectivity index (χ2n) is 3.35. The number of aromatic nitrogens is 2. The van der Waals surface area contributed by atoms with Gasteiger partial charge < -0.3 is 5.73 Å². The highest BCUT2D eigenvalue weighted by Crippen LogP contribution is 2.27. The average Bonchev–Trinajstić information content (AvgIpc) is 2.55. The molecular weight excluding hydrogens is 224 g/mol. The van der Waals surface area contributed by atoms with Gasteiger partial charge in [-0.15, -0.1) is 0 Å². The fourth-order valence-electron chi connectivity index (χ4n) is 1.49. The lowest BCUT2D eigenvalue weighted by molar-refractivity contribution is 0.782. The van der Waals surface area contributed by atoms with Crippen molar-refractivity contribution in [3.8, 4) is 17.3 Å². The Hall–Kier alpha value is -1.99. The standard InChI is InChI=1S/C11H9ClN4/c1-16-11(14)9(6-13)10(15-16)7-3-2-4-8(12)5-7/h2-5H,14H2,1H3. The molecule has 0 bridgehead atoms. The van der Waals surface area contributed by atoms with Gasteiger partial charge in [0.05, 0.1) is 0 Å². The Morgan fingerprint density at radius 2 is 2.25 bits per heavy atom. The minimum absolute atomic E-state index is 0.359. The van der Waals surface area contributed by atoms with Gasteiger partial charge in [-0.25, -0.2) is 0 Å². The van der Waals surface area contributed by atoms with E-state index in [1.165, 1.54) is 4.68 Å². The normalized spacial score (nSPS) is 10.1. The molecule has 0 unspecified atom stereocenters. The van der Waals surface area contributed by atoms with Crippen molar-refractivity contribution in [2.24, 2.45) is 7.05 Å². The Labute approximate surface area is 97.9 Å². The second-order valence-corrected chi connectivity index (χ2v) is 3.79. The first kappa shape index (κ1) is 10.5. The molecule has 0 aliphatic rings. The van der Waals surface area contributed by atoms with Crippen molar-refractivity contribution in [3.63, 3.8) is 0 Å². The molecule has 0 amide bonds. The van der Waals surface area contributed by atoms with Gasteiger partial charge >= 0.3 is 0 Å². The van der Waals surface area contributed by atoms with Crippen molar-refractivity contribution in [1.29, 1.82) is 5.26 Å². The fourth-order valence-corrected chi connectivity index (χ4v) is 1.68. The van der Waals surface area contributed by atoms with E-state index in [0.717, 1.165) is 5.56 Å². The van der Waals surface area contributed by atoms with E-state index in [4.69, 9.17) is 22.6 Å². The van der Waals surface area contributed by atoms with E-state index >= 15 is 0 Å². The van der Waals surface area contributed by atoms with Gasteiger partial charge in [0, 0.05) is 17.6 Å². The van der Waals surface area contributed by atoms with E-state index in [1.807, 2.05) is 12.1 Å². The first-order valence-electron chi connectivity index (χ1n) is 4.62. The van der Waals surface area contributed by atoms with Crippen LogP contribution in [0.5, 0.6) is 0 Å². The van der Waals surface area contributed by atoms with Crippen LogP contribution in [0.2, 0.25) is 5.02 Å². The SMILES string of the molecule is Cn1nc(-c2cccc(Cl)c2)c(C#N)c1N. The Kier molecular flexibility index (Phi) is 2.55. The highest BCUT2D eigenvalue weighted by molar-refractivity contribution is 6.30. The number of rotatable bonds is 1. The topological polar surface area (TPSA) is 67.6 Å². The number of hydrogen-bond donors (Lipinski definition) is 1. The molecule has 0 fully saturated rings. The Bertz CT molecular complexity index is 580. The number of halogens is 1. The molecular formula is C11H9ClN4. The van der Waals surface area contributed by atoms with Crippen LogP contribution in [0.15, 0.2) is 24.3 Å². The number of benzene rings is 1.